The minimum Gasteiger partial charge on any atom is -0.465 e. The van der Waals surface area contributed by atoms with Gasteiger partial charge in [-0.3, -0.25) is 9.59 Å². The molecule has 0 spiro atoms. The third-order valence-electron chi connectivity index (χ3n) is 8.09. The van der Waals surface area contributed by atoms with Crippen molar-refractivity contribution in [1.82, 2.24) is 14.7 Å². The molecule has 0 saturated carbocycles. The van der Waals surface area contributed by atoms with E-state index >= 15 is 0 Å². The minimum absolute atomic E-state index is 0.0171. The highest BCUT2D eigenvalue weighted by Gasteiger charge is 2.43. The molecule has 198 valence electrons. The van der Waals surface area contributed by atoms with Crippen molar-refractivity contribution >= 4 is 29.5 Å². The van der Waals surface area contributed by atoms with Gasteiger partial charge in [-0.1, -0.05) is 23.7 Å². The van der Waals surface area contributed by atoms with Crippen molar-refractivity contribution in [2.24, 2.45) is 11.8 Å². The van der Waals surface area contributed by atoms with Crippen LogP contribution < -0.4 is 0 Å². The fourth-order valence-electron chi connectivity index (χ4n) is 6.14. The maximum atomic E-state index is 13.5. The van der Waals surface area contributed by atoms with Crippen LogP contribution in [0.3, 0.4) is 0 Å². The molecule has 3 heterocycles. The van der Waals surface area contributed by atoms with Crippen LogP contribution in [-0.2, 0) is 14.3 Å². The van der Waals surface area contributed by atoms with Gasteiger partial charge in [-0.2, -0.15) is 0 Å². The second-order valence-corrected chi connectivity index (χ2v) is 11.4. The lowest BCUT2D eigenvalue weighted by Gasteiger charge is -2.39. The summed E-state index contributed by atoms with van der Waals surface area (Å²) in [4.78, 5) is 43.8. The van der Waals surface area contributed by atoms with Crippen molar-refractivity contribution in [3.05, 3.63) is 34.9 Å². The van der Waals surface area contributed by atoms with Crippen LogP contribution in [0.2, 0.25) is 5.02 Å². The lowest BCUT2D eigenvalue weighted by atomic mass is 9.86. The third kappa shape index (κ3) is 5.80. The number of carbonyl (C=O) groups is 3. The Hall–Kier alpha value is -2.32. The number of carboxylic acid groups (broad SMARTS) is 1. The van der Waals surface area contributed by atoms with Gasteiger partial charge >= 0.3 is 6.09 Å². The van der Waals surface area contributed by atoms with Crippen LogP contribution in [-0.4, -0.2) is 88.7 Å². The average molecular weight is 520 g/mol. The van der Waals surface area contributed by atoms with E-state index in [0.29, 0.717) is 57.2 Å². The Morgan fingerprint density at radius 2 is 1.67 bits per heavy atom. The predicted molar refractivity (Wildman–Crippen MR) is 137 cm³/mol. The summed E-state index contributed by atoms with van der Waals surface area (Å²) in [6, 6.07) is 7.15. The monoisotopic (exact) mass is 519 g/mol. The number of likely N-dealkylation sites (tertiary alicyclic amines) is 2. The van der Waals surface area contributed by atoms with E-state index in [1.54, 1.807) is 0 Å². The van der Waals surface area contributed by atoms with Gasteiger partial charge in [0.15, 0.2) is 0 Å². The number of hydrogen-bond donors (Lipinski definition) is 1. The summed E-state index contributed by atoms with van der Waals surface area (Å²) < 4.78 is 5.77. The number of benzene rings is 1. The van der Waals surface area contributed by atoms with Gasteiger partial charge in [0.05, 0.1) is 11.6 Å². The molecule has 0 aromatic heterocycles. The normalized spacial score (nSPS) is 26.6. The van der Waals surface area contributed by atoms with Gasteiger partial charge < -0.3 is 24.5 Å². The quantitative estimate of drug-likeness (QED) is 0.633. The number of nitrogens with zero attached hydrogens (tertiary/aromatic N) is 3. The van der Waals surface area contributed by atoms with E-state index in [4.69, 9.17) is 16.3 Å². The van der Waals surface area contributed by atoms with Crippen molar-refractivity contribution < 1.29 is 24.2 Å². The Morgan fingerprint density at radius 1 is 1.03 bits per heavy atom. The summed E-state index contributed by atoms with van der Waals surface area (Å²) in [6.07, 6.45) is 1.78. The topological polar surface area (TPSA) is 90.4 Å². The van der Waals surface area contributed by atoms with E-state index in [-0.39, 0.29) is 41.2 Å². The zero-order valence-electron chi connectivity index (χ0n) is 21.5. The number of rotatable bonds is 5. The van der Waals surface area contributed by atoms with E-state index in [1.165, 1.54) is 4.90 Å². The molecular weight excluding hydrogens is 482 g/mol. The smallest absolute Gasteiger partial charge is 0.407 e. The van der Waals surface area contributed by atoms with Gasteiger partial charge in [0.25, 0.3) is 0 Å². The lowest BCUT2D eigenvalue weighted by Crippen LogP contribution is -2.48. The van der Waals surface area contributed by atoms with Crippen molar-refractivity contribution in [2.45, 2.75) is 64.0 Å². The molecule has 1 aromatic carbocycles. The number of carbonyl (C=O) groups excluding carboxylic acids is 2. The van der Waals surface area contributed by atoms with Crippen LogP contribution >= 0.6 is 11.6 Å². The molecule has 1 N–H and O–H groups in total. The highest BCUT2D eigenvalue weighted by atomic mass is 35.5. The van der Waals surface area contributed by atoms with Crippen molar-refractivity contribution in [3.63, 3.8) is 0 Å². The molecule has 9 heteroatoms. The molecule has 0 aliphatic carbocycles. The Kier molecular flexibility index (Phi) is 8.15. The maximum absolute atomic E-state index is 13.5. The number of piperidine rings is 1. The molecule has 36 heavy (non-hydrogen) atoms. The van der Waals surface area contributed by atoms with Crippen LogP contribution in [0.1, 0.15) is 57.9 Å². The first kappa shape index (κ1) is 26.7. The van der Waals surface area contributed by atoms with E-state index in [9.17, 15) is 19.5 Å². The van der Waals surface area contributed by atoms with Gasteiger partial charge in [-0.05, 0) is 64.2 Å². The van der Waals surface area contributed by atoms with Crippen LogP contribution in [0.5, 0.6) is 0 Å². The lowest BCUT2D eigenvalue weighted by molar-refractivity contribution is -0.148. The molecule has 3 saturated heterocycles. The van der Waals surface area contributed by atoms with Crippen LogP contribution in [0, 0.1) is 11.8 Å². The summed E-state index contributed by atoms with van der Waals surface area (Å²) in [6.45, 7) is 8.87. The maximum Gasteiger partial charge on any atom is 0.407 e. The van der Waals surface area contributed by atoms with Gasteiger partial charge in [0.2, 0.25) is 11.8 Å². The van der Waals surface area contributed by atoms with Crippen LogP contribution in [0.15, 0.2) is 24.3 Å². The molecule has 3 aliphatic heterocycles. The molecule has 1 aromatic rings. The Morgan fingerprint density at radius 3 is 2.25 bits per heavy atom. The first-order valence-electron chi connectivity index (χ1n) is 13.1. The molecule has 0 radical (unpaired) electrons. The summed E-state index contributed by atoms with van der Waals surface area (Å²) in [5, 5.41) is 10.4. The number of hydrogen-bond acceptors (Lipinski definition) is 4. The molecule has 1 unspecified atom stereocenters. The van der Waals surface area contributed by atoms with E-state index in [1.807, 2.05) is 54.8 Å². The van der Waals surface area contributed by atoms with E-state index in [2.05, 4.69) is 0 Å². The number of likely N-dealkylation sites (N-methyl/N-ethyl adjacent to an activating group) is 1. The third-order valence-corrected chi connectivity index (χ3v) is 8.34. The number of ether oxygens (including phenoxy) is 1. The second-order valence-electron chi connectivity index (χ2n) is 10.9. The van der Waals surface area contributed by atoms with E-state index < -0.39 is 6.09 Å². The Balaban J connectivity index is 1.40. The van der Waals surface area contributed by atoms with Crippen LogP contribution in [0.4, 0.5) is 4.79 Å². The van der Waals surface area contributed by atoms with E-state index in [0.717, 1.165) is 18.4 Å². The fourth-order valence-corrected chi connectivity index (χ4v) is 6.26. The predicted octanol–water partition coefficient (Wildman–Crippen LogP) is 4.08. The molecular formula is C27H38ClN3O5. The summed E-state index contributed by atoms with van der Waals surface area (Å²) in [5.41, 5.74) is 0.710. The fraction of sp³-hybridized carbons (Fsp3) is 0.667. The first-order chi connectivity index (χ1) is 17.1. The molecule has 4 rings (SSSR count). The van der Waals surface area contributed by atoms with Gasteiger partial charge in [-0.15, -0.1) is 0 Å². The zero-order chi connectivity index (χ0) is 26.0. The zero-order valence-corrected chi connectivity index (χ0v) is 22.2. The Labute approximate surface area is 218 Å². The number of halogens is 1. The standard InChI is InChI=1S/C27H38ClN3O5/c1-4-31(26(34)35)23-17-30(16-22(23)18-5-7-21(28)8-6-18)24(32)19-9-12-29(13-10-19)25(33)20-11-14-36-27(2,3)15-20/h5-8,19-20,22-23H,4,9-17H2,1-3H3,(H,34,35)/t20?,22-,23+/m0/s1. The average Bonchev–Trinajstić information content (AvgIpc) is 3.28. The molecule has 3 amide bonds. The second kappa shape index (κ2) is 11.0. The SMILES string of the molecule is CCN(C(=O)O)[C@@H]1CN(C(=O)C2CCN(C(=O)C3CCOC(C)(C)C3)CC2)C[C@H]1c1ccc(Cl)cc1. The van der Waals surface area contributed by atoms with Gasteiger partial charge in [-0.25, -0.2) is 4.79 Å². The van der Waals surface area contributed by atoms with Crippen molar-refractivity contribution in [3.8, 4) is 0 Å². The van der Waals surface area contributed by atoms with Crippen LogP contribution in [0.25, 0.3) is 0 Å². The molecule has 0 bridgehead atoms. The first-order valence-corrected chi connectivity index (χ1v) is 13.4. The van der Waals surface area contributed by atoms with Gasteiger partial charge in [0, 0.05) is 62.1 Å². The van der Waals surface area contributed by atoms with Crippen molar-refractivity contribution in [1.29, 1.82) is 0 Å². The summed E-state index contributed by atoms with van der Waals surface area (Å²) in [7, 11) is 0. The molecule has 3 fully saturated rings. The largest absolute Gasteiger partial charge is 0.465 e. The molecule has 3 aliphatic rings. The summed E-state index contributed by atoms with van der Waals surface area (Å²) in [5.74, 6) is -0.0272. The highest BCUT2D eigenvalue weighted by molar-refractivity contribution is 6.30. The number of amides is 3. The molecule has 8 nitrogen and oxygen atoms in total. The highest BCUT2D eigenvalue weighted by Crippen LogP contribution is 2.35. The van der Waals surface area contributed by atoms with Crippen molar-refractivity contribution in [2.75, 3.05) is 39.3 Å². The minimum atomic E-state index is -0.973. The van der Waals surface area contributed by atoms with Gasteiger partial charge in [0.1, 0.15) is 0 Å². The summed E-state index contributed by atoms with van der Waals surface area (Å²) >= 11 is 6.07. The Bertz CT molecular complexity index is 961. The molecule has 3 atom stereocenters.